The monoisotopic (exact) mass is 477 g/mol. The van der Waals surface area contributed by atoms with Crippen LogP contribution in [-0.2, 0) is 6.42 Å². The maximum absolute atomic E-state index is 14.0. The third-order valence-electron chi connectivity index (χ3n) is 5.41. The fourth-order valence-electron chi connectivity index (χ4n) is 3.75. The van der Waals surface area contributed by atoms with Crippen molar-refractivity contribution in [3.63, 3.8) is 0 Å². The van der Waals surface area contributed by atoms with Crippen LogP contribution in [0.1, 0.15) is 27.4 Å². The van der Waals surface area contributed by atoms with Crippen molar-refractivity contribution in [1.82, 2.24) is 19.7 Å². The minimum Gasteiger partial charge on any atom is -0.342 e. The minimum atomic E-state index is -0.429. The molecule has 6 nitrogen and oxygen atoms in total. The molecule has 0 aliphatic carbocycles. The van der Waals surface area contributed by atoms with Gasteiger partial charge in [-0.3, -0.25) is 4.79 Å². The average molecular weight is 478 g/mol. The standard InChI is InChI=1S/C25H18ClF2N5O/c1-14-23(24(26)33(32-14)18-9-6-16(27)7-10-18)25(34)29-17-8-11-20-21(13-17)31-22(30-20)12-15-4-2-3-5-19(15)28/h2-11,13H,12H2,1H3,(H,29,34)(H,30,31). The first-order valence-electron chi connectivity index (χ1n) is 10.4. The van der Waals surface area contributed by atoms with Crippen molar-refractivity contribution in [2.75, 3.05) is 5.32 Å². The Labute approximate surface area is 198 Å². The number of imidazole rings is 1. The first kappa shape index (κ1) is 21.8. The van der Waals surface area contributed by atoms with Gasteiger partial charge in [0.2, 0.25) is 0 Å². The fraction of sp³-hybridized carbons (Fsp3) is 0.0800. The van der Waals surface area contributed by atoms with E-state index in [1.54, 1.807) is 43.3 Å². The highest BCUT2D eigenvalue weighted by atomic mass is 35.5. The van der Waals surface area contributed by atoms with Crippen LogP contribution in [0.3, 0.4) is 0 Å². The Hall–Kier alpha value is -4.04. The molecule has 0 unspecified atom stereocenters. The Morgan fingerprint density at radius 1 is 1.09 bits per heavy atom. The van der Waals surface area contributed by atoms with Crippen LogP contribution in [0.15, 0.2) is 66.7 Å². The van der Waals surface area contributed by atoms with Gasteiger partial charge in [0, 0.05) is 12.1 Å². The number of aryl methyl sites for hydroxylation is 1. The lowest BCUT2D eigenvalue weighted by atomic mass is 10.1. The summed E-state index contributed by atoms with van der Waals surface area (Å²) in [5, 5.41) is 7.28. The summed E-state index contributed by atoms with van der Waals surface area (Å²) in [6.07, 6.45) is 0.320. The number of fused-ring (bicyclic) bond motifs is 1. The number of amides is 1. The molecular weight excluding hydrogens is 460 g/mol. The fourth-order valence-corrected chi connectivity index (χ4v) is 4.11. The molecule has 0 radical (unpaired) electrons. The van der Waals surface area contributed by atoms with Crippen molar-refractivity contribution in [2.45, 2.75) is 13.3 Å². The number of hydrogen-bond donors (Lipinski definition) is 2. The molecule has 1 amide bonds. The van der Waals surface area contributed by atoms with Crippen molar-refractivity contribution >= 4 is 34.2 Å². The summed E-state index contributed by atoms with van der Waals surface area (Å²) in [5.74, 6) is -0.485. The lowest BCUT2D eigenvalue weighted by molar-refractivity contribution is 0.102. The largest absolute Gasteiger partial charge is 0.342 e. The second-order valence-electron chi connectivity index (χ2n) is 7.78. The molecule has 0 aliphatic rings. The summed E-state index contributed by atoms with van der Waals surface area (Å²) < 4.78 is 28.6. The van der Waals surface area contributed by atoms with Crippen molar-refractivity contribution in [1.29, 1.82) is 0 Å². The Morgan fingerprint density at radius 2 is 1.85 bits per heavy atom. The van der Waals surface area contributed by atoms with Crippen LogP contribution in [-0.4, -0.2) is 25.7 Å². The van der Waals surface area contributed by atoms with Gasteiger partial charge >= 0.3 is 0 Å². The molecule has 0 spiro atoms. The number of benzene rings is 3. The maximum atomic E-state index is 14.0. The van der Waals surface area contributed by atoms with E-state index in [1.807, 2.05) is 0 Å². The first-order valence-corrected chi connectivity index (χ1v) is 10.8. The van der Waals surface area contributed by atoms with E-state index in [4.69, 9.17) is 11.6 Å². The molecule has 0 saturated heterocycles. The van der Waals surface area contributed by atoms with Gasteiger partial charge in [-0.1, -0.05) is 29.8 Å². The molecule has 34 heavy (non-hydrogen) atoms. The van der Waals surface area contributed by atoms with E-state index in [-0.39, 0.29) is 22.4 Å². The number of rotatable bonds is 5. The molecule has 0 bridgehead atoms. The number of carbonyl (C=O) groups is 1. The summed E-state index contributed by atoms with van der Waals surface area (Å²) in [7, 11) is 0. The lowest BCUT2D eigenvalue weighted by Crippen LogP contribution is -2.13. The van der Waals surface area contributed by atoms with Gasteiger partial charge < -0.3 is 10.3 Å². The van der Waals surface area contributed by atoms with Gasteiger partial charge in [-0.25, -0.2) is 18.4 Å². The molecule has 5 aromatic rings. The number of H-pyrrole nitrogens is 1. The molecule has 2 aromatic heterocycles. The van der Waals surface area contributed by atoms with Crippen LogP contribution in [0.25, 0.3) is 16.7 Å². The molecule has 170 valence electrons. The Kier molecular flexibility index (Phi) is 5.59. The third-order valence-corrected chi connectivity index (χ3v) is 5.76. The van der Waals surface area contributed by atoms with Crippen LogP contribution in [0.2, 0.25) is 5.15 Å². The minimum absolute atomic E-state index is 0.122. The van der Waals surface area contributed by atoms with E-state index in [9.17, 15) is 13.6 Å². The molecule has 5 rings (SSSR count). The highest BCUT2D eigenvalue weighted by Crippen LogP contribution is 2.26. The highest BCUT2D eigenvalue weighted by molar-refractivity contribution is 6.34. The molecule has 0 fully saturated rings. The maximum Gasteiger partial charge on any atom is 0.260 e. The molecular formula is C25H18ClF2N5O. The van der Waals surface area contributed by atoms with Gasteiger partial charge in [0.25, 0.3) is 5.91 Å². The van der Waals surface area contributed by atoms with Gasteiger partial charge in [0.1, 0.15) is 28.2 Å². The van der Waals surface area contributed by atoms with E-state index in [1.165, 1.54) is 35.0 Å². The Morgan fingerprint density at radius 3 is 2.62 bits per heavy atom. The molecule has 2 heterocycles. The summed E-state index contributed by atoms with van der Waals surface area (Å²) in [4.78, 5) is 20.7. The summed E-state index contributed by atoms with van der Waals surface area (Å²) in [6, 6.07) is 17.4. The van der Waals surface area contributed by atoms with Crippen LogP contribution >= 0.6 is 11.6 Å². The zero-order valence-electron chi connectivity index (χ0n) is 17.9. The number of aromatic amines is 1. The van der Waals surface area contributed by atoms with Crippen LogP contribution < -0.4 is 5.32 Å². The number of carbonyl (C=O) groups excluding carboxylic acids is 1. The zero-order chi connectivity index (χ0) is 23.8. The highest BCUT2D eigenvalue weighted by Gasteiger charge is 2.21. The van der Waals surface area contributed by atoms with Crippen LogP contribution in [0.5, 0.6) is 0 Å². The predicted molar refractivity (Wildman–Crippen MR) is 127 cm³/mol. The third kappa shape index (κ3) is 4.15. The zero-order valence-corrected chi connectivity index (χ0v) is 18.7. The molecule has 0 saturated carbocycles. The second kappa shape index (κ2) is 8.72. The van der Waals surface area contributed by atoms with E-state index in [2.05, 4.69) is 20.4 Å². The van der Waals surface area contributed by atoms with Crippen molar-refractivity contribution in [2.24, 2.45) is 0 Å². The number of nitrogens with zero attached hydrogens (tertiary/aromatic N) is 3. The second-order valence-corrected chi connectivity index (χ2v) is 8.14. The van der Waals surface area contributed by atoms with E-state index in [0.29, 0.717) is 45.9 Å². The van der Waals surface area contributed by atoms with E-state index >= 15 is 0 Å². The van der Waals surface area contributed by atoms with Crippen molar-refractivity contribution in [3.05, 3.63) is 106 Å². The Balaban J connectivity index is 1.38. The smallest absolute Gasteiger partial charge is 0.260 e. The molecule has 3 aromatic carbocycles. The van der Waals surface area contributed by atoms with Crippen LogP contribution in [0, 0.1) is 18.6 Å². The van der Waals surface area contributed by atoms with Gasteiger partial charge in [-0.05, 0) is 61.0 Å². The summed E-state index contributed by atoms with van der Waals surface area (Å²) in [6.45, 7) is 1.67. The summed E-state index contributed by atoms with van der Waals surface area (Å²) >= 11 is 6.45. The van der Waals surface area contributed by atoms with E-state index in [0.717, 1.165) is 0 Å². The van der Waals surface area contributed by atoms with E-state index < -0.39 is 5.91 Å². The van der Waals surface area contributed by atoms with Gasteiger partial charge in [-0.2, -0.15) is 5.10 Å². The average Bonchev–Trinajstić information content (AvgIpc) is 3.34. The number of nitrogens with one attached hydrogen (secondary N) is 2. The first-order chi connectivity index (χ1) is 16.4. The normalized spacial score (nSPS) is 11.2. The SMILES string of the molecule is Cc1nn(-c2ccc(F)cc2)c(Cl)c1C(=O)Nc1ccc2nc(Cc3ccccc3F)[nH]c2c1. The molecule has 0 aliphatic heterocycles. The summed E-state index contributed by atoms with van der Waals surface area (Å²) in [5.41, 5.74) is 3.66. The van der Waals surface area contributed by atoms with Gasteiger partial charge in [0.05, 0.1) is 22.4 Å². The number of hydrogen-bond acceptors (Lipinski definition) is 3. The van der Waals surface area contributed by atoms with Crippen LogP contribution in [0.4, 0.5) is 14.5 Å². The van der Waals surface area contributed by atoms with Crippen molar-refractivity contribution in [3.8, 4) is 5.69 Å². The van der Waals surface area contributed by atoms with Gasteiger partial charge in [0.15, 0.2) is 0 Å². The molecule has 9 heteroatoms. The quantitative estimate of drug-likeness (QED) is 0.334. The van der Waals surface area contributed by atoms with Crippen molar-refractivity contribution < 1.29 is 13.6 Å². The number of aromatic nitrogens is 4. The molecule has 0 atom stereocenters. The van der Waals surface area contributed by atoms with Gasteiger partial charge in [-0.15, -0.1) is 0 Å². The number of anilines is 1. The number of halogens is 3. The Bertz CT molecular complexity index is 1520. The lowest BCUT2D eigenvalue weighted by Gasteiger charge is -2.06. The topological polar surface area (TPSA) is 75.6 Å². The molecule has 2 N–H and O–H groups in total. The predicted octanol–water partition coefficient (Wildman–Crippen LogP) is 5.83.